The third-order valence-corrected chi connectivity index (χ3v) is 5.46. The molecule has 0 aliphatic carbocycles. The van der Waals surface area contributed by atoms with Crippen LogP contribution in [0.15, 0.2) is 77.6 Å². The number of pyridine rings is 1. The predicted octanol–water partition coefficient (Wildman–Crippen LogP) is 2.36. The van der Waals surface area contributed by atoms with Crippen LogP contribution in [0.2, 0.25) is 0 Å². The highest BCUT2D eigenvalue weighted by Crippen LogP contribution is 2.17. The van der Waals surface area contributed by atoms with Crippen LogP contribution in [-0.4, -0.2) is 34.1 Å². The number of nitrogens with one attached hydrogen (secondary N) is 2. The van der Waals surface area contributed by atoms with Crippen LogP contribution in [0.5, 0.6) is 0 Å². The first-order chi connectivity index (χ1) is 15.4. The summed E-state index contributed by atoms with van der Waals surface area (Å²) in [5, 5.41) is 13.1. The van der Waals surface area contributed by atoms with Gasteiger partial charge in [0.2, 0.25) is 5.91 Å². The number of benzene rings is 3. The van der Waals surface area contributed by atoms with Crippen molar-refractivity contribution in [2.75, 3.05) is 0 Å². The number of carbonyl (C=O) groups excluding carboxylic acids is 1. The molecule has 0 aliphatic rings. The molecule has 5 N–H and O–H groups in total. The summed E-state index contributed by atoms with van der Waals surface area (Å²) in [7, 11) is 0. The molecule has 162 valence electrons. The monoisotopic (exact) mass is 429 g/mol. The lowest BCUT2D eigenvalue weighted by atomic mass is 10.0. The highest BCUT2D eigenvalue weighted by molar-refractivity contribution is 5.93. The second kappa shape index (κ2) is 9.03. The number of carboxylic acids is 1. The van der Waals surface area contributed by atoms with Crippen LogP contribution in [0.1, 0.15) is 11.1 Å². The fourth-order valence-corrected chi connectivity index (χ4v) is 3.77. The smallest absolute Gasteiger partial charge is 0.326 e. The highest BCUT2D eigenvalue weighted by atomic mass is 16.4. The van der Waals surface area contributed by atoms with Crippen LogP contribution in [0.25, 0.3) is 21.8 Å². The van der Waals surface area contributed by atoms with E-state index in [4.69, 9.17) is 5.73 Å². The molecule has 1 heterocycles. The Bertz CT molecular complexity index is 1350. The van der Waals surface area contributed by atoms with E-state index in [1.807, 2.05) is 36.4 Å². The first-order valence-corrected chi connectivity index (χ1v) is 10.3. The number of nitrogens with two attached hydrogens (primary N) is 1. The van der Waals surface area contributed by atoms with Crippen molar-refractivity contribution < 1.29 is 14.7 Å². The number of hydrogen-bond acceptors (Lipinski definition) is 4. The molecular weight excluding hydrogens is 406 g/mol. The number of rotatable bonds is 7. The van der Waals surface area contributed by atoms with Crippen molar-refractivity contribution in [1.82, 2.24) is 10.3 Å². The number of fused-ring (bicyclic) bond motifs is 2. The molecule has 0 unspecified atom stereocenters. The molecule has 7 heteroatoms. The van der Waals surface area contributed by atoms with E-state index in [0.29, 0.717) is 16.3 Å². The summed E-state index contributed by atoms with van der Waals surface area (Å²) in [5.74, 6) is -1.68. The van der Waals surface area contributed by atoms with Crippen LogP contribution in [0.3, 0.4) is 0 Å². The maximum Gasteiger partial charge on any atom is 0.326 e. The van der Waals surface area contributed by atoms with Gasteiger partial charge in [-0.3, -0.25) is 9.59 Å². The number of carbonyl (C=O) groups is 2. The van der Waals surface area contributed by atoms with Gasteiger partial charge in [-0.05, 0) is 41.8 Å². The molecule has 0 saturated heterocycles. The zero-order chi connectivity index (χ0) is 22.7. The molecule has 0 saturated carbocycles. The lowest BCUT2D eigenvalue weighted by molar-refractivity contribution is -0.141. The van der Waals surface area contributed by atoms with Crippen LogP contribution in [0.4, 0.5) is 0 Å². The van der Waals surface area contributed by atoms with E-state index in [-0.39, 0.29) is 18.3 Å². The van der Waals surface area contributed by atoms with E-state index in [9.17, 15) is 19.5 Å². The van der Waals surface area contributed by atoms with Crippen molar-refractivity contribution in [3.8, 4) is 0 Å². The number of aliphatic carboxylic acids is 1. The molecule has 0 bridgehead atoms. The molecule has 0 radical (unpaired) electrons. The normalized spacial score (nSPS) is 13.0. The zero-order valence-electron chi connectivity index (χ0n) is 17.2. The average molecular weight is 429 g/mol. The van der Waals surface area contributed by atoms with Crippen molar-refractivity contribution in [2.45, 2.75) is 24.9 Å². The number of H-pyrrole nitrogens is 1. The topological polar surface area (TPSA) is 125 Å². The highest BCUT2D eigenvalue weighted by Gasteiger charge is 2.24. The van der Waals surface area contributed by atoms with E-state index in [1.54, 1.807) is 36.4 Å². The summed E-state index contributed by atoms with van der Waals surface area (Å²) in [6, 6.07) is 19.6. The molecule has 4 aromatic rings. The van der Waals surface area contributed by atoms with Crippen molar-refractivity contribution in [2.24, 2.45) is 5.73 Å². The molecule has 4 rings (SSSR count). The van der Waals surface area contributed by atoms with Crippen molar-refractivity contribution >= 4 is 33.7 Å². The molecular formula is C25H23N3O4. The van der Waals surface area contributed by atoms with Gasteiger partial charge in [-0.2, -0.15) is 0 Å². The van der Waals surface area contributed by atoms with Crippen molar-refractivity contribution in [3.05, 3.63) is 94.1 Å². The Balaban J connectivity index is 1.51. The quantitative estimate of drug-likeness (QED) is 0.336. The van der Waals surface area contributed by atoms with Crippen LogP contribution in [-0.2, 0) is 22.4 Å². The van der Waals surface area contributed by atoms with Gasteiger partial charge >= 0.3 is 5.97 Å². The van der Waals surface area contributed by atoms with Gasteiger partial charge in [-0.1, -0.05) is 48.5 Å². The molecule has 0 aliphatic heterocycles. The Kier molecular flexibility index (Phi) is 6.00. The van der Waals surface area contributed by atoms with Gasteiger partial charge in [0, 0.05) is 28.2 Å². The minimum Gasteiger partial charge on any atom is -0.480 e. The molecule has 0 spiro atoms. The first-order valence-electron chi connectivity index (χ1n) is 10.3. The van der Waals surface area contributed by atoms with E-state index in [2.05, 4.69) is 10.3 Å². The Morgan fingerprint density at radius 2 is 1.56 bits per heavy atom. The lowest BCUT2D eigenvalue weighted by Crippen LogP contribution is -2.50. The number of aromatic amines is 1. The van der Waals surface area contributed by atoms with Gasteiger partial charge < -0.3 is 21.1 Å². The Hall–Kier alpha value is -3.97. The largest absolute Gasteiger partial charge is 0.480 e. The molecule has 2 atom stereocenters. The molecule has 3 aromatic carbocycles. The summed E-state index contributed by atoms with van der Waals surface area (Å²) in [6.45, 7) is 0. The van der Waals surface area contributed by atoms with E-state index in [1.165, 1.54) is 0 Å². The average Bonchev–Trinajstić information content (AvgIpc) is 2.79. The first kappa shape index (κ1) is 21.3. The van der Waals surface area contributed by atoms with Gasteiger partial charge in [0.25, 0.3) is 0 Å². The van der Waals surface area contributed by atoms with E-state index in [0.717, 1.165) is 16.6 Å². The fraction of sp³-hybridized carbons (Fsp3) is 0.160. The van der Waals surface area contributed by atoms with Crippen LogP contribution >= 0.6 is 0 Å². The third kappa shape index (κ3) is 4.53. The summed E-state index contributed by atoms with van der Waals surface area (Å²) in [5.41, 5.74) is 8.95. The fourth-order valence-electron chi connectivity index (χ4n) is 3.77. The number of aromatic nitrogens is 1. The predicted molar refractivity (Wildman–Crippen MR) is 123 cm³/mol. The Morgan fingerprint density at radius 3 is 2.31 bits per heavy atom. The Labute approximate surface area is 183 Å². The zero-order valence-corrected chi connectivity index (χ0v) is 17.2. The SMILES string of the molecule is N[C@@H](Cc1ccc2[nH]c3ccccc3c(=O)c2c1)C(=O)N[C@@H](Cc1ccccc1)C(=O)O. The summed E-state index contributed by atoms with van der Waals surface area (Å²) < 4.78 is 0. The maximum absolute atomic E-state index is 12.9. The molecule has 7 nitrogen and oxygen atoms in total. The minimum atomic E-state index is -1.13. The van der Waals surface area contributed by atoms with Gasteiger partial charge in [0.15, 0.2) is 5.43 Å². The third-order valence-electron chi connectivity index (χ3n) is 5.46. The molecule has 0 fully saturated rings. The standard InChI is InChI=1S/C25H23N3O4/c26-19(24(30)28-22(25(31)32)14-15-6-2-1-3-7-15)13-16-10-11-21-18(12-16)23(29)17-8-4-5-9-20(17)27-21/h1-12,19,22H,13-14,26H2,(H,27,29)(H,28,30)(H,31,32)/t19-,22-/m0/s1. The van der Waals surface area contributed by atoms with Crippen molar-refractivity contribution in [1.29, 1.82) is 0 Å². The van der Waals surface area contributed by atoms with Gasteiger partial charge in [0.05, 0.1) is 6.04 Å². The molecule has 32 heavy (non-hydrogen) atoms. The van der Waals surface area contributed by atoms with Gasteiger partial charge in [-0.25, -0.2) is 4.79 Å². The summed E-state index contributed by atoms with van der Waals surface area (Å²) in [4.78, 5) is 40.3. The van der Waals surface area contributed by atoms with E-state index >= 15 is 0 Å². The minimum absolute atomic E-state index is 0.0944. The van der Waals surface area contributed by atoms with Crippen LogP contribution < -0.4 is 16.5 Å². The van der Waals surface area contributed by atoms with Gasteiger partial charge in [-0.15, -0.1) is 0 Å². The summed E-state index contributed by atoms with van der Waals surface area (Å²) >= 11 is 0. The number of carboxylic acid groups (broad SMARTS) is 1. The maximum atomic E-state index is 12.9. The number of para-hydroxylation sites is 1. The molecule has 1 aromatic heterocycles. The molecule has 1 amide bonds. The summed E-state index contributed by atoms with van der Waals surface area (Å²) in [6.07, 6.45) is 0.332. The van der Waals surface area contributed by atoms with Crippen LogP contribution in [0, 0.1) is 0 Å². The van der Waals surface area contributed by atoms with E-state index < -0.39 is 24.0 Å². The lowest BCUT2D eigenvalue weighted by Gasteiger charge is -2.18. The van der Waals surface area contributed by atoms with Gasteiger partial charge in [0.1, 0.15) is 6.04 Å². The number of hydrogen-bond donors (Lipinski definition) is 4. The second-order valence-electron chi connectivity index (χ2n) is 7.78. The number of amides is 1. The Morgan fingerprint density at radius 1 is 0.875 bits per heavy atom. The second-order valence-corrected chi connectivity index (χ2v) is 7.78. The van der Waals surface area contributed by atoms with Crippen molar-refractivity contribution in [3.63, 3.8) is 0 Å².